The number of hydrogen-bond acceptors (Lipinski definition) is 3. The maximum Gasteiger partial charge on any atom is 0.320 e. The molecule has 0 bridgehead atoms. The molecule has 2 unspecified atom stereocenters. The van der Waals surface area contributed by atoms with Crippen molar-refractivity contribution >= 4 is 5.97 Å². The lowest BCUT2D eigenvalue weighted by Gasteiger charge is -2.32. The van der Waals surface area contributed by atoms with E-state index >= 15 is 0 Å². The van der Waals surface area contributed by atoms with Crippen molar-refractivity contribution < 1.29 is 9.90 Å². The Morgan fingerprint density at radius 1 is 1.30 bits per heavy atom. The van der Waals surface area contributed by atoms with Gasteiger partial charge in [-0.3, -0.25) is 14.7 Å². The standard InChI is InChI=1S/C19H22N2O2/c1-13-6-3-8-15(12-13)18(17-14(2)7-4-10-20-17)21-11-5-9-16(21)19(22)23/h3-4,6-8,10,12,16,18H,5,9,11H2,1-2H3,(H,22,23). The van der Waals surface area contributed by atoms with Gasteiger partial charge in [-0.25, -0.2) is 0 Å². The van der Waals surface area contributed by atoms with E-state index in [9.17, 15) is 9.90 Å². The van der Waals surface area contributed by atoms with Gasteiger partial charge in [0.25, 0.3) is 0 Å². The van der Waals surface area contributed by atoms with Gasteiger partial charge in [-0.2, -0.15) is 0 Å². The molecule has 0 spiro atoms. The molecule has 1 saturated heterocycles. The van der Waals surface area contributed by atoms with E-state index in [4.69, 9.17) is 0 Å². The Labute approximate surface area is 136 Å². The lowest BCUT2D eigenvalue weighted by atomic mass is 9.96. The van der Waals surface area contributed by atoms with Crippen LogP contribution in [-0.4, -0.2) is 33.5 Å². The van der Waals surface area contributed by atoms with E-state index in [1.54, 1.807) is 6.20 Å². The Hall–Kier alpha value is -2.20. The summed E-state index contributed by atoms with van der Waals surface area (Å²) in [6, 6.07) is 11.7. The third-order valence-electron chi connectivity index (χ3n) is 4.58. The molecule has 0 aliphatic carbocycles. The van der Waals surface area contributed by atoms with Gasteiger partial charge in [0.1, 0.15) is 6.04 Å². The number of pyridine rings is 1. The zero-order valence-corrected chi connectivity index (χ0v) is 13.6. The van der Waals surface area contributed by atoms with Gasteiger partial charge in [-0.1, -0.05) is 35.9 Å². The van der Waals surface area contributed by atoms with Crippen molar-refractivity contribution in [1.82, 2.24) is 9.88 Å². The SMILES string of the molecule is Cc1cccc(C(c2ncccc2C)N2CCCC2C(=O)O)c1. The fourth-order valence-corrected chi connectivity index (χ4v) is 3.49. The summed E-state index contributed by atoms with van der Waals surface area (Å²) in [6.45, 7) is 4.88. The molecule has 2 heterocycles. The Morgan fingerprint density at radius 2 is 2.13 bits per heavy atom. The van der Waals surface area contributed by atoms with E-state index in [-0.39, 0.29) is 6.04 Å². The van der Waals surface area contributed by atoms with E-state index in [0.29, 0.717) is 6.42 Å². The molecule has 2 aromatic rings. The first-order chi connectivity index (χ1) is 11.1. The number of aryl methyl sites for hydroxylation is 2. The number of carboxylic acids is 1. The summed E-state index contributed by atoms with van der Waals surface area (Å²) < 4.78 is 0. The third kappa shape index (κ3) is 3.13. The minimum absolute atomic E-state index is 0.111. The number of rotatable bonds is 4. The molecule has 1 N–H and O–H groups in total. The molecular formula is C19H22N2O2. The van der Waals surface area contributed by atoms with Gasteiger partial charge >= 0.3 is 5.97 Å². The minimum atomic E-state index is -0.742. The van der Waals surface area contributed by atoms with Gasteiger partial charge in [0.15, 0.2) is 0 Å². The summed E-state index contributed by atoms with van der Waals surface area (Å²) >= 11 is 0. The Balaban J connectivity index is 2.11. The fraction of sp³-hybridized carbons (Fsp3) is 0.368. The van der Waals surface area contributed by atoms with Crippen LogP contribution in [-0.2, 0) is 4.79 Å². The first-order valence-electron chi connectivity index (χ1n) is 8.04. The normalized spacial score (nSPS) is 19.7. The van der Waals surface area contributed by atoms with E-state index in [1.165, 1.54) is 5.56 Å². The molecule has 3 rings (SSSR count). The van der Waals surface area contributed by atoms with Crippen LogP contribution >= 0.6 is 0 Å². The molecule has 120 valence electrons. The minimum Gasteiger partial charge on any atom is -0.480 e. The maximum absolute atomic E-state index is 11.7. The molecule has 1 fully saturated rings. The molecule has 4 nitrogen and oxygen atoms in total. The second kappa shape index (κ2) is 6.50. The summed E-state index contributed by atoms with van der Waals surface area (Å²) in [5.74, 6) is -0.742. The Kier molecular flexibility index (Phi) is 4.44. The van der Waals surface area contributed by atoms with Crippen LogP contribution < -0.4 is 0 Å². The molecule has 0 amide bonds. The molecular weight excluding hydrogens is 288 g/mol. The van der Waals surface area contributed by atoms with E-state index < -0.39 is 12.0 Å². The van der Waals surface area contributed by atoms with Crippen molar-refractivity contribution in [3.05, 3.63) is 65.0 Å². The van der Waals surface area contributed by atoms with E-state index in [2.05, 4.69) is 35.0 Å². The largest absolute Gasteiger partial charge is 0.480 e. The van der Waals surface area contributed by atoms with Gasteiger partial charge in [0.2, 0.25) is 0 Å². The molecule has 1 aliphatic rings. The topological polar surface area (TPSA) is 53.4 Å². The highest BCUT2D eigenvalue weighted by Crippen LogP contribution is 2.35. The van der Waals surface area contributed by atoms with Gasteiger partial charge < -0.3 is 5.11 Å². The van der Waals surface area contributed by atoms with Crippen molar-refractivity contribution in [2.75, 3.05) is 6.54 Å². The van der Waals surface area contributed by atoms with Crippen LogP contribution in [0.3, 0.4) is 0 Å². The molecule has 4 heteroatoms. The van der Waals surface area contributed by atoms with E-state index in [1.807, 2.05) is 25.1 Å². The van der Waals surface area contributed by atoms with Crippen molar-refractivity contribution in [3.8, 4) is 0 Å². The third-order valence-corrected chi connectivity index (χ3v) is 4.58. The van der Waals surface area contributed by atoms with E-state index in [0.717, 1.165) is 29.8 Å². The van der Waals surface area contributed by atoms with Gasteiger partial charge in [-0.15, -0.1) is 0 Å². The van der Waals surface area contributed by atoms with Crippen molar-refractivity contribution in [1.29, 1.82) is 0 Å². The van der Waals surface area contributed by atoms with Gasteiger partial charge in [-0.05, 0) is 43.9 Å². The number of likely N-dealkylation sites (tertiary alicyclic amines) is 1. The highest BCUT2D eigenvalue weighted by molar-refractivity contribution is 5.74. The maximum atomic E-state index is 11.7. The van der Waals surface area contributed by atoms with Crippen LogP contribution in [0.15, 0.2) is 42.6 Å². The summed E-state index contributed by atoms with van der Waals surface area (Å²) in [6.07, 6.45) is 3.39. The molecule has 0 radical (unpaired) electrons. The highest BCUT2D eigenvalue weighted by atomic mass is 16.4. The number of benzene rings is 1. The monoisotopic (exact) mass is 310 g/mol. The average molecular weight is 310 g/mol. The predicted molar refractivity (Wildman–Crippen MR) is 89.4 cm³/mol. The van der Waals surface area contributed by atoms with Crippen LogP contribution in [0.1, 0.15) is 41.3 Å². The van der Waals surface area contributed by atoms with Crippen LogP contribution in [0.4, 0.5) is 0 Å². The number of carboxylic acid groups (broad SMARTS) is 1. The first kappa shape index (κ1) is 15.7. The number of aromatic nitrogens is 1. The number of nitrogens with zero attached hydrogens (tertiary/aromatic N) is 2. The van der Waals surface area contributed by atoms with Gasteiger partial charge in [0.05, 0.1) is 11.7 Å². The van der Waals surface area contributed by atoms with Crippen molar-refractivity contribution in [2.45, 2.75) is 38.8 Å². The first-order valence-corrected chi connectivity index (χ1v) is 8.04. The van der Waals surface area contributed by atoms with Crippen LogP contribution in [0.5, 0.6) is 0 Å². The molecule has 2 atom stereocenters. The Morgan fingerprint density at radius 3 is 2.83 bits per heavy atom. The van der Waals surface area contributed by atoms with Crippen LogP contribution in [0.25, 0.3) is 0 Å². The number of carbonyl (C=O) groups is 1. The molecule has 1 aromatic heterocycles. The molecule has 0 saturated carbocycles. The second-order valence-corrected chi connectivity index (χ2v) is 6.26. The Bertz CT molecular complexity index is 714. The summed E-state index contributed by atoms with van der Waals surface area (Å²) in [5.41, 5.74) is 4.33. The zero-order valence-electron chi connectivity index (χ0n) is 13.6. The smallest absolute Gasteiger partial charge is 0.320 e. The molecule has 1 aromatic carbocycles. The van der Waals surface area contributed by atoms with Gasteiger partial charge in [0, 0.05) is 12.7 Å². The zero-order chi connectivity index (χ0) is 16.4. The predicted octanol–water partition coefficient (Wildman–Crippen LogP) is 3.34. The highest BCUT2D eigenvalue weighted by Gasteiger charge is 2.37. The molecule has 23 heavy (non-hydrogen) atoms. The summed E-state index contributed by atoms with van der Waals surface area (Å²) in [5, 5.41) is 9.59. The lowest BCUT2D eigenvalue weighted by Crippen LogP contribution is -2.39. The summed E-state index contributed by atoms with van der Waals surface area (Å²) in [7, 11) is 0. The van der Waals surface area contributed by atoms with Crippen LogP contribution in [0.2, 0.25) is 0 Å². The lowest BCUT2D eigenvalue weighted by molar-refractivity contribution is -0.142. The number of aliphatic carboxylic acids is 1. The second-order valence-electron chi connectivity index (χ2n) is 6.26. The summed E-state index contributed by atoms with van der Waals surface area (Å²) in [4.78, 5) is 18.3. The molecule has 1 aliphatic heterocycles. The fourth-order valence-electron chi connectivity index (χ4n) is 3.49. The number of hydrogen-bond donors (Lipinski definition) is 1. The quantitative estimate of drug-likeness (QED) is 0.941. The van der Waals surface area contributed by atoms with Crippen LogP contribution in [0, 0.1) is 13.8 Å². The van der Waals surface area contributed by atoms with Crippen molar-refractivity contribution in [3.63, 3.8) is 0 Å². The van der Waals surface area contributed by atoms with Crippen molar-refractivity contribution in [2.24, 2.45) is 0 Å². The average Bonchev–Trinajstić information content (AvgIpc) is 2.99.